The van der Waals surface area contributed by atoms with Gasteiger partial charge in [-0.2, -0.15) is 5.26 Å². The molecule has 0 aromatic heterocycles. The van der Waals surface area contributed by atoms with Crippen LogP contribution < -0.4 is 14.8 Å². The molecule has 0 fully saturated rings. The third-order valence-corrected chi connectivity index (χ3v) is 3.28. The molecule has 1 rings (SSSR count). The number of nitrogens with zero attached hydrogens (tertiary/aromatic N) is 1. The number of carbonyl (C=O) groups excluding carboxylic acids is 2. The second-order valence-corrected chi connectivity index (χ2v) is 5.22. The molecule has 0 saturated heterocycles. The number of nitrogens with one attached hydrogen (secondary N) is 1. The van der Waals surface area contributed by atoms with Gasteiger partial charge in [0, 0.05) is 18.8 Å². The highest BCUT2D eigenvalue weighted by atomic mass is 35.5. The maximum Gasteiger partial charge on any atom is 0.311 e. The Balaban J connectivity index is 2.97. The van der Waals surface area contributed by atoms with Crippen LogP contribution in [-0.2, 0) is 9.59 Å². The third-order valence-electron chi connectivity index (χ3n) is 3.01. The van der Waals surface area contributed by atoms with Crippen LogP contribution in [0.1, 0.15) is 18.4 Å². The molecule has 0 aliphatic rings. The molecule has 0 radical (unpaired) electrons. The first-order valence-corrected chi connectivity index (χ1v) is 8.04. The lowest BCUT2D eigenvalue weighted by molar-refractivity contribution is -0.134. The second-order valence-electron chi connectivity index (χ2n) is 4.85. The summed E-state index contributed by atoms with van der Waals surface area (Å²) in [6.45, 7) is 3.76. The molecule has 7 heteroatoms. The maximum atomic E-state index is 11.8. The van der Waals surface area contributed by atoms with E-state index >= 15 is 0 Å². The fraction of sp³-hybridized carbons (Fsp3) is 0.278. The monoisotopic (exact) mass is 362 g/mol. The number of hydrogen-bond acceptors (Lipinski definition) is 5. The summed E-state index contributed by atoms with van der Waals surface area (Å²) in [5.41, 5.74) is 0.499. The molecule has 1 amide bonds. The van der Waals surface area contributed by atoms with Crippen molar-refractivity contribution in [2.24, 2.45) is 0 Å². The Bertz CT molecular complexity index is 708. The van der Waals surface area contributed by atoms with E-state index in [1.165, 1.54) is 19.3 Å². The minimum atomic E-state index is -0.502. The van der Waals surface area contributed by atoms with E-state index in [4.69, 9.17) is 26.3 Å². The van der Waals surface area contributed by atoms with Crippen LogP contribution >= 0.6 is 11.6 Å². The summed E-state index contributed by atoms with van der Waals surface area (Å²) in [5, 5.41) is 11.7. The predicted octanol–water partition coefficient (Wildman–Crippen LogP) is 2.83. The van der Waals surface area contributed by atoms with E-state index in [1.54, 1.807) is 18.2 Å². The molecule has 0 spiro atoms. The number of nitriles is 1. The van der Waals surface area contributed by atoms with Gasteiger partial charge < -0.3 is 14.8 Å². The smallest absolute Gasteiger partial charge is 0.311 e. The largest absolute Gasteiger partial charge is 0.493 e. The molecule has 0 bridgehead atoms. The van der Waals surface area contributed by atoms with Crippen LogP contribution in [0.25, 0.3) is 6.08 Å². The molecular formula is C18H19ClN2O4. The topological polar surface area (TPSA) is 88.4 Å². The number of methoxy groups -OCH3 is 1. The van der Waals surface area contributed by atoms with Crippen LogP contribution in [0.2, 0.25) is 0 Å². The zero-order valence-electron chi connectivity index (χ0n) is 13.9. The lowest BCUT2D eigenvalue weighted by atomic mass is 10.1. The number of esters is 1. The van der Waals surface area contributed by atoms with E-state index in [2.05, 4.69) is 11.9 Å². The van der Waals surface area contributed by atoms with E-state index in [9.17, 15) is 9.59 Å². The average molecular weight is 363 g/mol. The summed E-state index contributed by atoms with van der Waals surface area (Å²) in [4.78, 5) is 23.5. The predicted molar refractivity (Wildman–Crippen MR) is 95.4 cm³/mol. The fourth-order valence-electron chi connectivity index (χ4n) is 1.82. The highest BCUT2D eigenvalue weighted by Gasteiger charge is 2.12. The number of benzene rings is 1. The lowest BCUT2D eigenvalue weighted by Crippen LogP contribution is -2.24. The summed E-state index contributed by atoms with van der Waals surface area (Å²) < 4.78 is 10.4. The summed E-state index contributed by atoms with van der Waals surface area (Å²) in [6, 6.07) is 6.57. The SMILES string of the molecule is C=CCNC(=O)C(C#N)=Cc1ccc(OC(=O)CCCCl)c(OC)c1. The molecule has 1 aromatic rings. The summed E-state index contributed by atoms with van der Waals surface area (Å²) in [7, 11) is 1.43. The van der Waals surface area contributed by atoms with Crippen LogP contribution in [-0.4, -0.2) is 31.4 Å². The van der Waals surface area contributed by atoms with E-state index in [1.807, 2.05) is 6.07 Å². The average Bonchev–Trinajstić information content (AvgIpc) is 2.63. The first kappa shape index (κ1) is 20.3. The van der Waals surface area contributed by atoms with Crippen molar-refractivity contribution in [3.05, 3.63) is 42.0 Å². The molecule has 0 aliphatic carbocycles. The van der Waals surface area contributed by atoms with Gasteiger partial charge in [-0.3, -0.25) is 9.59 Å². The first-order valence-electron chi connectivity index (χ1n) is 7.51. The van der Waals surface area contributed by atoms with Gasteiger partial charge in [-0.05, 0) is 30.2 Å². The number of hydrogen-bond donors (Lipinski definition) is 1. The zero-order valence-corrected chi connectivity index (χ0v) is 14.6. The van der Waals surface area contributed by atoms with Gasteiger partial charge in [0.2, 0.25) is 0 Å². The van der Waals surface area contributed by atoms with Crippen LogP contribution in [0.4, 0.5) is 0 Å². The van der Waals surface area contributed by atoms with E-state index in [0.717, 1.165) is 0 Å². The molecular weight excluding hydrogens is 344 g/mol. The number of rotatable bonds is 9. The van der Waals surface area contributed by atoms with Crippen LogP contribution in [0.5, 0.6) is 11.5 Å². The Morgan fingerprint density at radius 2 is 2.16 bits per heavy atom. The Morgan fingerprint density at radius 1 is 1.40 bits per heavy atom. The minimum absolute atomic E-state index is 0.0595. The fourth-order valence-corrected chi connectivity index (χ4v) is 1.95. The summed E-state index contributed by atoms with van der Waals surface area (Å²) in [6.07, 6.45) is 3.66. The normalized spacial score (nSPS) is 10.5. The number of amides is 1. The van der Waals surface area contributed by atoms with Gasteiger partial charge in [-0.1, -0.05) is 12.1 Å². The molecule has 1 N–H and O–H groups in total. The number of halogens is 1. The van der Waals surface area contributed by atoms with Gasteiger partial charge in [0.05, 0.1) is 7.11 Å². The van der Waals surface area contributed by atoms with Crippen LogP contribution in [0.3, 0.4) is 0 Å². The summed E-state index contributed by atoms with van der Waals surface area (Å²) in [5.74, 6) is 0.0354. The molecule has 1 aromatic carbocycles. The van der Waals surface area contributed by atoms with Crippen molar-refractivity contribution in [3.63, 3.8) is 0 Å². The highest BCUT2D eigenvalue weighted by Crippen LogP contribution is 2.29. The van der Waals surface area contributed by atoms with E-state index < -0.39 is 11.9 Å². The van der Waals surface area contributed by atoms with Gasteiger partial charge in [-0.15, -0.1) is 18.2 Å². The van der Waals surface area contributed by atoms with Crippen molar-refractivity contribution in [1.82, 2.24) is 5.32 Å². The molecule has 132 valence electrons. The molecule has 0 heterocycles. The van der Waals surface area contributed by atoms with Crippen molar-refractivity contribution in [1.29, 1.82) is 5.26 Å². The van der Waals surface area contributed by atoms with Crippen molar-refractivity contribution in [2.45, 2.75) is 12.8 Å². The maximum absolute atomic E-state index is 11.8. The molecule has 6 nitrogen and oxygen atoms in total. The van der Waals surface area contributed by atoms with Crippen LogP contribution in [0, 0.1) is 11.3 Å². The number of ether oxygens (including phenoxy) is 2. The quantitative estimate of drug-likeness (QED) is 0.182. The Kier molecular flexibility index (Phi) is 8.83. The standard InChI is InChI=1S/C18H19ClN2O4/c1-3-9-21-18(23)14(12-20)10-13-6-7-15(16(11-13)24-2)25-17(22)5-4-8-19/h3,6-7,10-11H,1,4-5,8-9H2,2H3,(H,21,23). The number of carbonyl (C=O) groups is 2. The van der Waals surface area contributed by atoms with Crippen molar-refractivity contribution in [3.8, 4) is 17.6 Å². The highest BCUT2D eigenvalue weighted by molar-refractivity contribution is 6.17. The van der Waals surface area contributed by atoms with Gasteiger partial charge in [0.15, 0.2) is 11.5 Å². The Morgan fingerprint density at radius 3 is 2.76 bits per heavy atom. The molecule has 0 aliphatic heterocycles. The number of alkyl halides is 1. The Labute approximate surface area is 151 Å². The van der Waals surface area contributed by atoms with Gasteiger partial charge in [0.1, 0.15) is 11.6 Å². The molecule has 0 atom stereocenters. The van der Waals surface area contributed by atoms with Gasteiger partial charge in [-0.25, -0.2) is 0 Å². The first-order chi connectivity index (χ1) is 12.0. The second kappa shape index (κ2) is 10.9. The molecule has 0 unspecified atom stereocenters. The van der Waals surface area contributed by atoms with Gasteiger partial charge in [0.25, 0.3) is 5.91 Å². The Hall–Kier alpha value is -2.78. The third kappa shape index (κ3) is 6.69. The minimum Gasteiger partial charge on any atom is -0.493 e. The zero-order chi connectivity index (χ0) is 18.7. The molecule has 25 heavy (non-hydrogen) atoms. The van der Waals surface area contributed by atoms with E-state index in [0.29, 0.717) is 23.6 Å². The van der Waals surface area contributed by atoms with Crippen LogP contribution in [0.15, 0.2) is 36.4 Å². The van der Waals surface area contributed by atoms with E-state index in [-0.39, 0.29) is 24.3 Å². The van der Waals surface area contributed by atoms with Crippen molar-refractivity contribution in [2.75, 3.05) is 19.5 Å². The van der Waals surface area contributed by atoms with Crippen molar-refractivity contribution >= 4 is 29.6 Å². The molecule has 0 saturated carbocycles. The lowest BCUT2D eigenvalue weighted by Gasteiger charge is -2.10. The van der Waals surface area contributed by atoms with Gasteiger partial charge >= 0.3 is 5.97 Å². The van der Waals surface area contributed by atoms with Crippen molar-refractivity contribution < 1.29 is 19.1 Å². The summed E-state index contributed by atoms with van der Waals surface area (Å²) >= 11 is 5.54.